The molecule has 0 aliphatic carbocycles. The summed E-state index contributed by atoms with van der Waals surface area (Å²) >= 11 is 4.03. The van der Waals surface area contributed by atoms with E-state index in [1.807, 2.05) is 6.07 Å². The molecule has 9 heavy (non-hydrogen) atoms. The van der Waals surface area contributed by atoms with E-state index in [1.165, 1.54) is 0 Å². The number of rotatable bonds is 1. The van der Waals surface area contributed by atoms with Crippen molar-refractivity contribution in [2.45, 2.75) is 5.03 Å². The molecule has 2 nitrogen and oxygen atoms in total. The fraction of sp³-hybridized carbons (Fsp3) is 0. The summed E-state index contributed by atoms with van der Waals surface area (Å²) < 4.78 is 0. The summed E-state index contributed by atoms with van der Waals surface area (Å²) in [5.74, 6) is 0. The fourth-order valence-corrected chi connectivity index (χ4v) is 0.724. The Morgan fingerprint density at radius 2 is 2.44 bits per heavy atom. The summed E-state index contributed by atoms with van der Waals surface area (Å²) in [6.07, 6.45) is 1.66. The molecule has 0 fully saturated rings. The monoisotopic (exact) mass is 138 g/mol. The molecule has 0 radical (unpaired) electrons. The van der Waals surface area contributed by atoms with Crippen LogP contribution in [0.1, 0.15) is 0 Å². The van der Waals surface area contributed by atoms with E-state index in [4.69, 9.17) is 0 Å². The molecule has 0 N–H and O–H groups in total. The quantitative estimate of drug-likeness (QED) is 0.463. The maximum atomic E-state index is 4.03. The first-order valence-corrected chi connectivity index (χ1v) is 2.90. The number of aromatic nitrogens is 1. The van der Waals surface area contributed by atoms with Gasteiger partial charge in [0.15, 0.2) is 0 Å². The van der Waals surface area contributed by atoms with Gasteiger partial charge in [-0.05, 0) is 18.9 Å². The van der Waals surface area contributed by atoms with Crippen molar-refractivity contribution >= 4 is 25.0 Å². The van der Waals surface area contributed by atoms with E-state index in [-0.39, 0.29) is 0 Å². The van der Waals surface area contributed by atoms with Crippen LogP contribution < -0.4 is 0 Å². The Bertz CT molecular complexity index is 222. The molecule has 0 aliphatic rings. The van der Waals surface area contributed by atoms with Gasteiger partial charge in [-0.1, -0.05) is 0 Å². The first-order chi connectivity index (χ1) is 4.34. The molecule has 1 aromatic rings. The standard InChI is InChI=1S/C6H6N2S/c1-7-5-3-2-4-8-6(5)9/h2-4H,1H2,(H,8,9). The van der Waals surface area contributed by atoms with Gasteiger partial charge in [-0.3, -0.25) is 4.99 Å². The van der Waals surface area contributed by atoms with E-state index < -0.39 is 0 Å². The lowest BCUT2D eigenvalue weighted by Gasteiger charge is -1.92. The van der Waals surface area contributed by atoms with E-state index in [0.717, 1.165) is 5.69 Å². The molecule has 0 aromatic carbocycles. The Kier molecular flexibility index (Phi) is 1.85. The van der Waals surface area contributed by atoms with Crippen LogP contribution in [0.3, 0.4) is 0 Å². The van der Waals surface area contributed by atoms with Crippen LogP contribution in [-0.4, -0.2) is 11.7 Å². The third-order valence-corrected chi connectivity index (χ3v) is 1.28. The minimum Gasteiger partial charge on any atom is -0.262 e. The first-order valence-electron chi connectivity index (χ1n) is 2.45. The predicted octanol–water partition coefficient (Wildman–Crippen LogP) is 1.70. The van der Waals surface area contributed by atoms with E-state index in [2.05, 4.69) is 29.3 Å². The fourth-order valence-electron chi connectivity index (χ4n) is 0.512. The van der Waals surface area contributed by atoms with Gasteiger partial charge in [0.2, 0.25) is 0 Å². The van der Waals surface area contributed by atoms with Crippen molar-refractivity contribution in [1.29, 1.82) is 0 Å². The molecule has 0 spiro atoms. The maximum absolute atomic E-state index is 4.03. The van der Waals surface area contributed by atoms with E-state index in [9.17, 15) is 0 Å². The highest BCUT2D eigenvalue weighted by Gasteiger charge is 1.91. The Morgan fingerprint density at radius 3 is 2.89 bits per heavy atom. The van der Waals surface area contributed by atoms with Crippen molar-refractivity contribution in [3.63, 3.8) is 0 Å². The van der Waals surface area contributed by atoms with Gasteiger partial charge in [0.05, 0.1) is 5.69 Å². The Balaban J connectivity index is 3.15. The molecular formula is C6H6N2S. The summed E-state index contributed by atoms with van der Waals surface area (Å²) in [6, 6.07) is 3.60. The molecule has 0 atom stereocenters. The van der Waals surface area contributed by atoms with Crippen LogP contribution in [0, 0.1) is 0 Å². The average Bonchev–Trinajstić information content (AvgIpc) is 1.89. The zero-order chi connectivity index (χ0) is 6.69. The van der Waals surface area contributed by atoms with Crippen LogP contribution in [0.4, 0.5) is 5.69 Å². The average molecular weight is 138 g/mol. The third-order valence-electron chi connectivity index (χ3n) is 0.936. The molecule has 0 aliphatic heterocycles. The molecule has 1 aromatic heterocycles. The van der Waals surface area contributed by atoms with Crippen molar-refractivity contribution in [2.75, 3.05) is 0 Å². The van der Waals surface area contributed by atoms with Crippen LogP contribution in [-0.2, 0) is 0 Å². The highest BCUT2D eigenvalue weighted by atomic mass is 32.1. The van der Waals surface area contributed by atoms with Crippen molar-refractivity contribution in [3.8, 4) is 0 Å². The number of hydrogen-bond acceptors (Lipinski definition) is 3. The van der Waals surface area contributed by atoms with Gasteiger partial charge in [0.25, 0.3) is 0 Å². The SMILES string of the molecule is C=Nc1cccnc1S. The number of thiol groups is 1. The maximum Gasteiger partial charge on any atom is 0.119 e. The smallest absolute Gasteiger partial charge is 0.119 e. The number of aliphatic imine (C=N–C) groups is 1. The van der Waals surface area contributed by atoms with Gasteiger partial charge in [-0.15, -0.1) is 12.6 Å². The van der Waals surface area contributed by atoms with Crippen molar-refractivity contribution in [1.82, 2.24) is 4.98 Å². The first kappa shape index (κ1) is 6.29. The molecule has 3 heteroatoms. The minimum absolute atomic E-state index is 0.618. The summed E-state index contributed by atoms with van der Waals surface area (Å²) in [4.78, 5) is 7.56. The molecule has 1 heterocycles. The molecule has 0 bridgehead atoms. The third kappa shape index (κ3) is 1.29. The number of hydrogen-bond donors (Lipinski definition) is 1. The molecule has 46 valence electrons. The molecule has 0 unspecified atom stereocenters. The zero-order valence-corrected chi connectivity index (χ0v) is 5.68. The highest BCUT2D eigenvalue weighted by molar-refractivity contribution is 7.80. The summed E-state index contributed by atoms with van der Waals surface area (Å²) in [6.45, 7) is 3.35. The van der Waals surface area contributed by atoms with Gasteiger partial charge >= 0.3 is 0 Å². The van der Waals surface area contributed by atoms with E-state index in [1.54, 1.807) is 12.3 Å². The van der Waals surface area contributed by atoms with Crippen LogP contribution >= 0.6 is 12.6 Å². The molecule has 0 amide bonds. The second kappa shape index (κ2) is 2.64. The van der Waals surface area contributed by atoms with Crippen molar-refractivity contribution < 1.29 is 0 Å². The lowest BCUT2D eigenvalue weighted by atomic mass is 10.4. The van der Waals surface area contributed by atoms with Gasteiger partial charge in [0.1, 0.15) is 5.03 Å². The molecular weight excluding hydrogens is 132 g/mol. The van der Waals surface area contributed by atoms with Crippen LogP contribution in [0.5, 0.6) is 0 Å². The minimum atomic E-state index is 0.618. The predicted molar refractivity (Wildman–Crippen MR) is 40.7 cm³/mol. The van der Waals surface area contributed by atoms with Gasteiger partial charge in [-0.25, -0.2) is 4.98 Å². The Morgan fingerprint density at radius 1 is 1.67 bits per heavy atom. The van der Waals surface area contributed by atoms with Gasteiger partial charge in [0, 0.05) is 6.20 Å². The lowest BCUT2D eigenvalue weighted by Crippen LogP contribution is -1.72. The molecule has 0 saturated heterocycles. The topological polar surface area (TPSA) is 25.2 Å². The second-order valence-corrected chi connectivity index (χ2v) is 1.93. The van der Waals surface area contributed by atoms with Gasteiger partial charge < -0.3 is 0 Å². The second-order valence-electron chi connectivity index (χ2n) is 1.50. The van der Waals surface area contributed by atoms with Crippen molar-refractivity contribution in [3.05, 3.63) is 18.3 Å². The zero-order valence-electron chi connectivity index (χ0n) is 4.78. The van der Waals surface area contributed by atoms with Crippen LogP contribution in [0.2, 0.25) is 0 Å². The Hall–Kier alpha value is -0.830. The van der Waals surface area contributed by atoms with E-state index in [0.29, 0.717) is 5.03 Å². The normalized spacial score (nSPS) is 9.00. The summed E-state index contributed by atoms with van der Waals surface area (Å²) in [5, 5.41) is 0.618. The van der Waals surface area contributed by atoms with Crippen LogP contribution in [0.25, 0.3) is 0 Å². The number of pyridine rings is 1. The lowest BCUT2D eigenvalue weighted by molar-refractivity contribution is 1.13. The van der Waals surface area contributed by atoms with Gasteiger partial charge in [-0.2, -0.15) is 0 Å². The molecule has 0 saturated carbocycles. The summed E-state index contributed by atoms with van der Waals surface area (Å²) in [5.41, 5.74) is 0.723. The highest BCUT2D eigenvalue weighted by Crippen LogP contribution is 2.17. The Labute approximate surface area is 59.1 Å². The van der Waals surface area contributed by atoms with Crippen LogP contribution in [0.15, 0.2) is 28.3 Å². The summed E-state index contributed by atoms with van der Waals surface area (Å²) in [7, 11) is 0. The number of nitrogens with zero attached hydrogens (tertiary/aromatic N) is 2. The van der Waals surface area contributed by atoms with E-state index >= 15 is 0 Å². The van der Waals surface area contributed by atoms with Crippen molar-refractivity contribution in [2.24, 2.45) is 4.99 Å². The largest absolute Gasteiger partial charge is 0.262 e. The molecule has 1 rings (SSSR count).